The van der Waals surface area contributed by atoms with Crippen LogP contribution < -0.4 is 11.1 Å². The van der Waals surface area contributed by atoms with Crippen molar-refractivity contribution in [2.24, 2.45) is 11.7 Å². The molecule has 1 aliphatic carbocycles. The third kappa shape index (κ3) is 4.80. The Bertz CT molecular complexity index is 239. The minimum absolute atomic E-state index is 0.0369. The van der Waals surface area contributed by atoms with Gasteiger partial charge in [-0.05, 0) is 25.3 Å². The van der Waals surface area contributed by atoms with Gasteiger partial charge in [0.15, 0.2) is 0 Å². The summed E-state index contributed by atoms with van der Waals surface area (Å²) in [6.07, 6.45) is -2.85. The molecule has 0 spiro atoms. The van der Waals surface area contributed by atoms with Crippen molar-refractivity contribution >= 4 is 5.91 Å². The lowest BCUT2D eigenvalue weighted by molar-refractivity contribution is -0.144. The molecule has 0 aromatic carbocycles. The van der Waals surface area contributed by atoms with Crippen LogP contribution >= 0.6 is 0 Å². The van der Waals surface area contributed by atoms with Gasteiger partial charge in [0.25, 0.3) is 0 Å². The predicted octanol–water partition coefficient (Wildman–Crippen LogP) is 0.419. The number of alkyl halides is 3. The lowest BCUT2D eigenvalue weighted by Crippen LogP contribution is -2.40. The van der Waals surface area contributed by atoms with Crippen LogP contribution in [0, 0.1) is 5.92 Å². The largest absolute Gasteiger partial charge is 0.405 e. The molecule has 0 unspecified atom stereocenters. The van der Waals surface area contributed by atoms with Crippen molar-refractivity contribution in [3.05, 3.63) is 0 Å². The van der Waals surface area contributed by atoms with Crippen LogP contribution in [0.15, 0.2) is 0 Å². The zero-order chi connectivity index (χ0) is 12.2. The number of hydrogen-bond donors (Lipinski definition) is 2. The Labute approximate surface area is 91.3 Å². The van der Waals surface area contributed by atoms with Crippen molar-refractivity contribution in [2.45, 2.75) is 25.1 Å². The SMILES string of the molecule is NCC1CC(OCC(=O)NCC(F)(F)F)C1. The zero-order valence-electron chi connectivity index (χ0n) is 8.72. The second-order valence-electron chi connectivity index (χ2n) is 3.90. The third-order valence-electron chi connectivity index (χ3n) is 2.46. The molecule has 0 atom stereocenters. The number of rotatable bonds is 5. The third-order valence-corrected chi connectivity index (χ3v) is 2.46. The quantitative estimate of drug-likeness (QED) is 0.732. The van der Waals surface area contributed by atoms with Crippen LogP contribution in [0.2, 0.25) is 0 Å². The first-order valence-electron chi connectivity index (χ1n) is 5.06. The van der Waals surface area contributed by atoms with Gasteiger partial charge in [0.1, 0.15) is 13.2 Å². The van der Waals surface area contributed by atoms with Crippen molar-refractivity contribution < 1.29 is 22.7 Å². The van der Waals surface area contributed by atoms with E-state index in [0.717, 1.165) is 12.8 Å². The second-order valence-corrected chi connectivity index (χ2v) is 3.90. The molecule has 1 saturated carbocycles. The summed E-state index contributed by atoms with van der Waals surface area (Å²) in [4.78, 5) is 10.9. The van der Waals surface area contributed by atoms with E-state index in [9.17, 15) is 18.0 Å². The van der Waals surface area contributed by atoms with Gasteiger partial charge in [-0.2, -0.15) is 13.2 Å². The van der Waals surface area contributed by atoms with Crippen molar-refractivity contribution in [3.8, 4) is 0 Å². The van der Waals surface area contributed by atoms with Crippen molar-refractivity contribution in [1.82, 2.24) is 5.32 Å². The molecule has 1 amide bonds. The number of hydrogen-bond acceptors (Lipinski definition) is 3. The summed E-state index contributed by atoms with van der Waals surface area (Å²) in [5.74, 6) is -0.322. The molecule has 0 bridgehead atoms. The highest BCUT2D eigenvalue weighted by atomic mass is 19.4. The average Bonchev–Trinajstić information content (AvgIpc) is 2.11. The van der Waals surface area contributed by atoms with Crippen LogP contribution in [0.1, 0.15) is 12.8 Å². The van der Waals surface area contributed by atoms with Crippen LogP contribution in [-0.2, 0) is 9.53 Å². The van der Waals surface area contributed by atoms with E-state index in [-0.39, 0.29) is 12.7 Å². The summed E-state index contributed by atoms with van der Waals surface area (Å²) in [5, 5.41) is 1.74. The highest BCUT2D eigenvalue weighted by molar-refractivity contribution is 5.77. The van der Waals surface area contributed by atoms with E-state index in [4.69, 9.17) is 10.5 Å². The lowest BCUT2D eigenvalue weighted by Gasteiger charge is -2.33. The van der Waals surface area contributed by atoms with Gasteiger partial charge >= 0.3 is 6.18 Å². The molecular formula is C9H15F3N2O2. The monoisotopic (exact) mass is 240 g/mol. The van der Waals surface area contributed by atoms with Gasteiger partial charge in [-0.25, -0.2) is 0 Å². The summed E-state index contributed by atoms with van der Waals surface area (Å²) in [6, 6.07) is 0. The highest BCUT2D eigenvalue weighted by Gasteiger charge is 2.30. The molecule has 3 N–H and O–H groups in total. The first kappa shape index (κ1) is 13.2. The van der Waals surface area contributed by atoms with Crippen LogP contribution in [-0.4, -0.2) is 37.9 Å². The maximum atomic E-state index is 11.7. The second kappa shape index (κ2) is 5.49. The highest BCUT2D eigenvalue weighted by Crippen LogP contribution is 2.28. The summed E-state index contributed by atoms with van der Waals surface area (Å²) in [5.41, 5.74) is 5.39. The Balaban J connectivity index is 2.03. The molecule has 0 radical (unpaired) electrons. The maximum absolute atomic E-state index is 11.7. The van der Waals surface area contributed by atoms with E-state index in [1.807, 2.05) is 0 Å². The Morgan fingerprint density at radius 2 is 2.06 bits per heavy atom. The van der Waals surface area contributed by atoms with Gasteiger partial charge in [-0.15, -0.1) is 0 Å². The molecule has 1 rings (SSSR count). The van der Waals surface area contributed by atoms with E-state index < -0.39 is 18.6 Å². The van der Waals surface area contributed by atoms with E-state index >= 15 is 0 Å². The van der Waals surface area contributed by atoms with Gasteiger partial charge in [-0.3, -0.25) is 4.79 Å². The molecule has 4 nitrogen and oxygen atoms in total. The van der Waals surface area contributed by atoms with Gasteiger partial charge < -0.3 is 15.8 Å². The molecule has 1 aliphatic rings. The van der Waals surface area contributed by atoms with Gasteiger partial charge in [0, 0.05) is 0 Å². The number of ether oxygens (including phenoxy) is 1. The molecule has 16 heavy (non-hydrogen) atoms. The van der Waals surface area contributed by atoms with Crippen molar-refractivity contribution in [2.75, 3.05) is 19.7 Å². The maximum Gasteiger partial charge on any atom is 0.405 e. The fraction of sp³-hybridized carbons (Fsp3) is 0.889. The fourth-order valence-electron chi connectivity index (χ4n) is 1.45. The number of halogens is 3. The molecule has 7 heteroatoms. The van der Waals surface area contributed by atoms with Gasteiger partial charge in [-0.1, -0.05) is 0 Å². The summed E-state index contributed by atoms with van der Waals surface area (Å²) >= 11 is 0. The van der Waals surface area contributed by atoms with Gasteiger partial charge in [0.2, 0.25) is 5.91 Å². The van der Waals surface area contributed by atoms with Crippen LogP contribution in [0.25, 0.3) is 0 Å². The Morgan fingerprint density at radius 1 is 1.44 bits per heavy atom. The van der Waals surface area contributed by atoms with Crippen LogP contribution in [0.5, 0.6) is 0 Å². The predicted molar refractivity (Wildman–Crippen MR) is 50.6 cm³/mol. The molecule has 0 saturated heterocycles. The average molecular weight is 240 g/mol. The van der Waals surface area contributed by atoms with Crippen LogP contribution in [0.3, 0.4) is 0 Å². The summed E-state index contributed by atoms with van der Waals surface area (Å²) < 4.78 is 40.3. The molecule has 0 aromatic heterocycles. The van der Waals surface area contributed by atoms with E-state index in [0.29, 0.717) is 12.5 Å². The number of nitrogens with one attached hydrogen (secondary N) is 1. The molecule has 0 aliphatic heterocycles. The number of nitrogens with two attached hydrogens (primary N) is 1. The van der Waals surface area contributed by atoms with E-state index in [2.05, 4.69) is 0 Å². The van der Waals surface area contributed by atoms with Crippen molar-refractivity contribution in [1.29, 1.82) is 0 Å². The molecular weight excluding hydrogens is 225 g/mol. The lowest BCUT2D eigenvalue weighted by atomic mass is 9.82. The van der Waals surface area contributed by atoms with Crippen LogP contribution in [0.4, 0.5) is 13.2 Å². The van der Waals surface area contributed by atoms with Crippen molar-refractivity contribution in [3.63, 3.8) is 0 Å². The first-order valence-corrected chi connectivity index (χ1v) is 5.06. The minimum atomic E-state index is -4.38. The molecule has 1 fully saturated rings. The molecule has 0 heterocycles. The minimum Gasteiger partial charge on any atom is -0.368 e. The number of carbonyl (C=O) groups excluding carboxylic acids is 1. The summed E-state index contributed by atoms with van der Waals surface area (Å²) in [7, 11) is 0. The standard InChI is InChI=1S/C9H15F3N2O2/c10-9(11,12)5-14-8(15)4-16-7-1-6(2-7)3-13/h6-7H,1-5,13H2,(H,14,15). The number of carbonyl (C=O) groups is 1. The Morgan fingerprint density at radius 3 is 2.56 bits per heavy atom. The van der Waals surface area contributed by atoms with E-state index in [1.54, 1.807) is 5.32 Å². The molecule has 94 valence electrons. The topological polar surface area (TPSA) is 64.3 Å². The summed E-state index contributed by atoms with van der Waals surface area (Å²) in [6.45, 7) is -1.05. The fourth-order valence-corrected chi connectivity index (χ4v) is 1.45. The first-order chi connectivity index (χ1) is 7.40. The molecule has 0 aromatic rings. The van der Waals surface area contributed by atoms with Gasteiger partial charge in [0.05, 0.1) is 6.10 Å². The smallest absolute Gasteiger partial charge is 0.368 e. The number of amides is 1. The Kier molecular flexibility index (Phi) is 4.55. The van der Waals surface area contributed by atoms with E-state index in [1.165, 1.54) is 0 Å². The Hall–Kier alpha value is -0.820. The normalized spacial score (nSPS) is 25.0. The zero-order valence-corrected chi connectivity index (χ0v) is 8.72.